The van der Waals surface area contributed by atoms with E-state index < -0.39 is 11.5 Å². The Morgan fingerprint density at radius 2 is 2.00 bits per heavy atom. The summed E-state index contributed by atoms with van der Waals surface area (Å²) in [5.41, 5.74) is -1.32. The molecule has 0 saturated carbocycles. The SMILES string of the molecule is CN(C)N=NC1(C(=O)O)C=CCC=C1. The van der Waals surface area contributed by atoms with E-state index in [4.69, 9.17) is 5.11 Å². The first-order valence-corrected chi connectivity index (χ1v) is 4.26. The fraction of sp³-hybridized carbons (Fsp3) is 0.444. The molecule has 0 aromatic heterocycles. The molecular weight excluding hydrogens is 182 g/mol. The number of carboxylic acids is 1. The van der Waals surface area contributed by atoms with Gasteiger partial charge in [-0.3, -0.25) is 5.01 Å². The molecule has 0 atom stereocenters. The topological polar surface area (TPSA) is 65.3 Å². The van der Waals surface area contributed by atoms with Crippen LogP contribution >= 0.6 is 0 Å². The Morgan fingerprint density at radius 1 is 1.43 bits per heavy atom. The Kier molecular flexibility index (Phi) is 3.01. The quantitative estimate of drug-likeness (QED) is 0.419. The van der Waals surface area contributed by atoms with E-state index in [-0.39, 0.29) is 0 Å². The Balaban J connectivity index is 2.93. The predicted octanol–water partition coefficient (Wildman–Crippen LogP) is 1.25. The smallest absolute Gasteiger partial charge is 0.341 e. The van der Waals surface area contributed by atoms with Gasteiger partial charge in [-0.1, -0.05) is 17.4 Å². The fourth-order valence-corrected chi connectivity index (χ4v) is 1.05. The van der Waals surface area contributed by atoms with Gasteiger partial charge in [0, 0.05) is 14.1 Å². The van der Waals surface area contributed by atoms with Crippen LogP contribution < -0.4 is 0 Å². The Labute approximate surface area is 82.4 Å². The average molecular weight is 195 g/mol. The molecule has 0 aromatic rings. The van der Waals surface area contributed by atoms with Crippen LogP contribution in [0.5, 0.6) is 0 Å². The van der Waals surface area contributed by atoms with Gasteiger partial charge < -0.3 is 5.11 Å². The molecule has 1 N–H and O–H groups in total. The van der Waals surface area contributed by atoms with Gasteiger partial charge in [0.05, 0.1) is 0 Å². The lowest BCUT2D eigenvalue weighted by Crippen LogP contribution is -2.33. The number of carboxylic acid groups (broad SMARTS) is 1. The summed E-state index contributed by atoms with van der Waals surface area (Å²) in [4.78, 5) is 11.0. The summed E-state index contributed by atoms with van der Waals surface area (Å²) < 4.78 is 0. The number of nitrogens with zero attached hydrogens (tertiary/aromatic N) is 3. The van der Waals surface area contributed by atoms with Crippen LogP contribution in [0.1, 0.15) is 6.42 Å². The highest BCUT2D eigenvalue weighted by atomic mass is 16.4. The van der Waals surface area contributed by atoms with E-state index in [9.17, 15) is 4.79 Å². The highest BCUT2D eigenvalue weighted by molar-refractivity contribution is 5.84. The molecule has 1 aliphatic carbocycles. The minimum absolute atomic E-state index is 0.743. The van der Waals surface area contributed by atoms with Crippen molar-refractivity contribution in [2.24, 2.45) is 10.3 Å². The Bertz CT molecular complexity index is 293. The number of hydrogen-bond acceptors (Lipinski definition) is 3. The molecule has 0 unspecified atom stereocenters. The van der Waals surface area contributed by atoms with Crippen molar-refractivity contribution >= 4 is 5.97 Å². The third-order valence-corrected chi connectivity index (χ3v) is 1.75. The zero-order valence-electron chi connectivity index (χ0n) is 8.21. The van der Waals surface area contributed by atoms with Crippen molar-refractivity contribution in [3.05, 3.63) is 24.3 Å². The second-order valence-electron chi connectivity index (χ2n) is 3.21. The minimum Gasteiger partial charge on any atom is -0.479 e. The maximum atomic E-state index is 11.0. The second kappa shape index (κ2) is 4.04. The van der Waals surface area contributed by atoms with Crippen molar-refractivity contribution in [1.82, 2.24) is 5.01 Å². The maximum Gasteiger partial charge on any atom is 0.341 e. The first-order valence-electron chi connectivity index (χ1n) is 4.26. The molecule has 5 nitrogen and oxygen atoms in total. The normalized spacial score (nSPS) is 18.7. The summed E-state index contributed by atoms with van der Waals surface area (Å²) in [5.74, 6) is -1.02. The van der Waals surface area contributed by atoms with Crippen LogP contribution in [0.15, 0.2) is 34.6 Å². The second-order valence-corrected chi connectivity index (χ2v) is 3.21. The first-order chi connectivity index (χ1) is 6.57. The van der Waals surface area contributed by atoms with Crippen LogP contribution in [0.25, 0.3) is 0 Å². The zero-order chi connectivity index (χ0) is 10.6. The van der Waals surface area contributed by atoms with Gasteiger partial charge in [0.1, 0.15) is 0 Å². The summed E-state index contributed by atoms with van der Waals surface area (Å²) in [6, 6.07) is 0. The third-order valence-electron chi connectivity index (χ3n) is 1.75. The largest absolute Gasteiger partial charge is 0.479 e. The van der Waals surface area contributed by atoms with Gasteiger partial charge in [-0.15, -0.1) is 5.11 Å². The Hall–Kier alpha value is -1.65. The molecule has 0 aliphatic heterocycles. The minimum atomic E-state index is -1.32. The molecule has 14 heavy (non-hydrogen) atoms. The van der Waals surface area contributed by atoms with Crippen molar-refractivity contribution in [2.75, 3.05) is 14.1 Å². The van der Waals surface area contributed by atoms with Crippen LogP contribution in [0.3, 0.4) is 0 Å². The molecule has 1 rings (SSSR count). The molecule has 1 aliphatic rings. The summed E-state index contributed by atoms with van der Waals surface area (Å²) in [6.07, 6.45) is 7.36. The number of carbonyl (C=O) groups is 1. The summed E-state index contributed by atoms with van der Waals surface area (Å²) in [7, 11) is 3.38. The highest BCUT2D eigenvalue weighted by Gasteiger charge is 2.34. The lowest BCUT2D eigenvalue weighted by Gasteiger charge is -2.18. The number of aliphatic carboxylic acids is 1. The highest BCUT2D eigenvalue weighted by Crippen LogP contribution is 2.21. The predicted molar refractivity (Wildman–Crippen MR) is 51.8 cm³/mol. The van der Waals surface area contributed by atoms with Gasteiger partial charge in [-0.2, -0.15) is 0 Å². The van der Waals surface area contributed by atoms with Gasteiger partial charge in [-0.05, 0) is 18.6 Å². The van der Waals surface area contributed by atoms with E-state index in [0.29, 0.717) is 0 Å². The Morgan fingerprint density at radius 3 is 2.43 bits per heavy atom. The van der Waals surface area contributed by atoms with Crippen molar-refractivity contribution in [3.8, 4) is 0 Å². The lowest BCUT2D eigenvalue weighted by molar-refractivity contribution is -0.140. The summed E-state index contributed by atoms with van der Waals surface area (Å²) in [5, 5.41) is 18.0. The third kappa shape index (κ3) is 2.18. The molecule has 0 bridgehead atoms. The molecule has 0 radical (unpaired) electrons. The van der Waals surface area contributed by atoms with Gasteiger partial charge in [-0.25, -0.2) is 4.79 Å². The molecule has 5 heteroatoms. The molecule has 76 valence electrons. The van der Waals surface area contributed by atoms with Crippen molar-refractivity contribution in [1.29, 1.82) is 0 Å². The number of rotatable bonds is 3. The van der Waals surface area contributed by atoms with E-state index in [0.717, 1.165) is 6.42 Å². The fourth-order valence-electron chi connectivity index (χ4n) is 1.05. The molecule has 0 saturated heterocycles. The van der Waals surface area contributed by atoms with Crippen molar-refractivity contribution in [2.45, 2.75) is 12.0 Å². The average Bonchev–Trinajstić information content (AvgIpc) is 2.16. The summed E-state index contributed by atoms with van der Waals surface area (Å²) >= 11 is 0. The zero-order valence-corrected chi connectivity index (χ0v) is 8.21. The number of hydrogen-bond donors (Lipinski definition) is 1. The van der Waals surface area contributed by atoms with Crippen LogP contribution in [-0.2, 0) is 4.79 Å². The molecule has 0 aromatic carbocycles. The van der Waals surface area contributed by atoms with Crippen molar-refractivity contribution in [3.63, 3.8) is 0 Å². The van der Waals surface area contributed by atoms with Crippen LogP contribution in [-0.4, -0.2) is 35.7 Å². The van der Waals surface area contributed by atoms with E-state index in [2.05, 4.69) is 10.3 Å². The molecule has 0 spiro atoms. The molecule has 0 heterocycles. The van der Waals surface area contributed by atoms with E-state index >= 15 is 0 Å². The van der Waals surface area contributed by atoms with Crippen LogP contribution in [0.2, 0.25) is 0 Å². The lowest BCUT2D eigenvalue weighted by atomic mass is 9.95. The standard InChI is InChI=1S/C9H13N3O2/c1-12(2)11-10-9(8(13)14)6-4-3-5-7-9/h4-7H,3H2,1-2H3,(H,13,14). The number of allylic oxidation sites excluding steroid dienone is 2. The van der Waals surface area contributed by atoms with Gasteiger partial charge in [0.2, 0.25) is 5.54 Å². The van der Waals surface area contributed by atoms with E-state index in [1.165, 1.54) is 5.01 Å². The van der Waals surface area contributed by atoms with Gasteiger partial charge in [0.25, 0.3) is 0 Å². The van der Waals surface area contributed by atoms with Gasteiger partial charge >= 0.3 is 5.97 Å². The van der Waals surface area contributed by atoms with Crippen LogP contribution in [0, 0.1) is 0 Å². The monoisotopic (exact) mass is 195 g/mol. The van der Waals surface area contributed by atoms with E-state index in [1.807, 2.05) is 0 Å². The van der Waals surface area contributed by atoms with Crippen molar-refractivity contribution < 1.29 is 9.90 Å². The molecule has 0 amide bonds. The first kappa shape index (κ1) is 10.4. The van der Waals surface area contributed by atoms with Gasteiger partial charge in [0.15, 0.2) is 0 Å². The molecule has 0 fully saturated rings. The maximum absolute atomic E-state index is 11.0. The summed E-state index contributed by atoms with van der Waals surface area (Å²) in [6.45, 7) is 0. The van der Waals surface area contributed by atoms with Crippen LogP contribution in [0.4, 0.5) is 0 Å². The van der Waals surface area contributed by atoms with E-state index in [1.54, 1.807) is 38.4 Å². The molecular formula is C9H13N3O2.